The monoisotopic (exact) mass is 343 g/mol. The zero-order valence-electron chi connectivity index (χ0n) is 13.9. The molecule has 1 aliphatic carbocycles. The van der Waals surface area contributed by atoms with Gasteiger partial charge in [0.15, 0.2) is 0 Å². The number of morpholine rings is 1. The van der Waals surface area contributed by atoms with Gasteiger partial charge in [-0.3, -0.25) is 4.68 Å². The van der Waals surface area contributed by atoms with Gasteiger partial charge in [-0.25, -0.2) is 8.42 Å². The lowest BCUT2D eigenvalue weighted by molar-refractivity contribution is -0.0148. The van der Waals surface area contributed by atoms with Crippen molar-refractivity contribution in [1.29, 1.82) is 0 Å². The first kappa shape index (κ1) is 16.9. The number of aromatic nitrogens is 2. The molecular formula is C15H25N3O4S. The highest BCUT2D eigenvalue weighted by Gasteiger charge is 2.44. The maximum absolute atomic E-state index is 13.3. The fourth-order valence-electron chi connectivity index (χ4n) is 3.91. The summed E-state index contributed by atoms with van der Waals surface area (Å²) in [4.78, 5) is 0.291. The number of hydrogen-bond acceptors (Lipinski definition) is 5. The first-order chi connectivity index (χ1) is 10.8. The summed E-state index contributed by atoms with van der Waals surface area (Å²) >= 11 is 0. The third kappa shape index (κ3) is 2.82. The number of nitrogens with zero attached hydrogens (tertiary/aromatic N) is 3. The highest BCUT2D eigenvalue weighted by atomic mass is 32.2. The molecule has 1 saturated heterocycles. The van der Waals surface area contributed by atoms with Gasteiger partial charge in [0.25, 0.3) is 0 Å². The molecule has 0 radical (unpaired) electrons. The van der Waals surface area contributed by atoms with E-state index in [1.165, 1.54) is 4.31 Å². The van der Waals surface area contributed by atoms with E-state index in [2.05, 4.69) is 5.10 Å². The normalized spacial score (nSPS) is 30.0. The Bertz CT molecular complexity index is 685. The van der Waals surface area contributed by atoms with Crippen molar-refractivity contribution in [1.82, 2.24) is 14.1 Å². The third-order valence-corrected chi connectivity index (χ3v) is 7.33. The summed E-state index contributed by atoms with van der Waals surface area (Å²) < 4.78 is 35.2. The van der Waals surface area contributed by atoms with Crippen molar-refractivity contribution in [2.24, 2.45) is 13.0 Å². The van der Waals surface area contributed by atoms with Gasteiger partial charge in [0.05, 0.1) is 36.7 Å². The smallest absolute Gasteiger partial charge is 0.247 e. The van der Waals surface area contributed by atoms with E-state index in [0.29, 0.717) is 36.0 Å². The van der Waals surface area contributed by atoms with Crippen LogP contribution >= 0.6 is 0 Å². The van der Waals surface area contributed by atoms with Crippen LogP contribution in [0.4, 0.5) is 0 Å². The minimum absolute atomic E-state index is 0.0534. The van der Waals surface area contributed by atoms with Crippen LogP contribution in [0.25, 0.3) is 0 Å². The molecule has 0 bridgehead atoms. The Morgan fingerprint density at radius 1 is 1.30 bits per heavy atom. The van der Waals surface area contributed by atoms with Crippen molar-refractivity contribution < 1.29 is 18.3 Å². The Balaban J connectivity index is 1.99. The molecule has 23 heavy (non-hydrogen) atoms. The molecule has 8 heteroatoms. The maximum atomic E-state index is 13.3. The molecule has 0 aromatic carbocycles. The lowest BCUT2D eigenvalue weighted by atomic mass is 9.96. The highest BCUT2D eigenvalue weighted by Crippen LogP contribution is 2.35. The number of aryl methyl sites for hydroxylation is 2. The fourth-order valence-corrected chi connectivity index (χ4v) is 5.95. The van der Waals surface area contributed by atoms with Gasteiger partial charge >= 0.3 is 0 Å². The van der Waals surface area contributed by atoms with Crippen LogP contribution < -0.4 is 0 Å². The Morgan fingerprint density at radius 2 is 2.04 bits per heavy atom. The summed E-state index contributed by atoms with van der Waals surface area (Å²) in [6, 6.07) is -0.301. The van der Waals surface area contributed by atoms with E-state index in [9.17, 15) is 13.5 Å². The molecular weight excluding hydrogens is 318 g/mol. The number of aliphatic hydroxyl groups is 1. The van der Waals surface area contributed by atoms with E-state index in [0.717, 1.165) is 19.3 Å². The second-order valence-electron chi connectivity index (χ2n) is 6.54. The summed E-state index contributed by atoms with van der Waals surface area (Å²) in [6.45, 7) is 4.55. The van der Waals surface area contributed by atoms with E-state index in [1.54, 1.807) is 25.6 Å². The Labute approximate surface area is 137 Å². The lowest BCUT2D eigenvalue weighted by Crippen LogP contribution is -2.53. The van der Waals surface area contributed by atoms with Gasteiger partial charge in [-0.05, 0) is 26.7 Å². The van der Waals surface area contributed by atoms with Gasteiger partial charge in [0.1, 0.15) is 4.90 Å². The number of aliphatic hydroxyl groups excluding tert-OH is 1. The van der Waals surface area contributed by atoms with Crippen molar-refractivity contribution >= 4 is 10.0 Å². The molecule has 1 saturated carbocycles. The molecule has 2 heterocycles. The molecule has 1 aromatic heterocycles. The van der Waals surface area contributed by atoms with Crippen molar-refractivity contribution in [3.8, 4) is 0 Å². The first-order valence-corrected chi connectivity index (χ1v) is 9.56. The van der Waals surface area contributed by atoms with Crippen molar-refractivity contribution in [3.63, 3.8) is 0 Å². The number of ether oxygens (including phenoxy) is 1. The molecule has 0 spiro atoms. The van der Waals surface area contributed by atoms with Gasteiger partial charge in [0.2, 0.25) is 10.0 Å². The van der Waals surface area contributed by atoms with E-state index < -0.39 is 16.1 Å². The van der Waals surface area contributed by atoms with Crippen LogP contribution in [0.2, 0.25) is 0 Å². The number of rotatable bonds is 3. The molecule has 1 aromatic rings. The Hall–Kier alpha value is -0.960. The zero-order chi connectivity index (χ0) is 16.8. The topological polar surface area (TPSA) is 84.7 Å². The summed E-state index contributed by atoms with van der Waals surface area (Å²) in [5, 5.41) is 14.5. The van der Waals surface area contributed by atoms with E-state index in [-0.39, 0.29) is 12.0 Å². The van der Waals surface area contributed by atoms with Crippen LogP contribution in [0.3, 0.4) is 0 Å². The first-order valence-electron chi connectivity index (χ1n) is 8.12. The van der Waals surface area contributed by atoms with Crippen LogP contribution in [0, 0.1) is 19.8 Å². The van der Waals surface area contributed by atoms with Gasteiger partial charge in [0, 0.05) is 19.5 Å². The predicted octanol–water partition coefficient (Wildman–Crippen LogP) is 0.587. The summed E-state index contributed by atoms with van der Waals surface area (Å²) in [6.07, 6.45) is 2.06. The highest BCUT2D eigenvalue weighted by molar-refractivity contribution is 7.89. The predicted molar refractivity (Wildman–Crippen MR) is 84.5 cm³/mol. The maximum Gasteiger partial charge on any atom is 0.247 e. The van der Waals surface area contributed by atoms with E-state index >= 15 is 0 Å². The van der Waals surface area contributed by atoms with Crippen molar-refractivity contribution in [3.05, 3.63) is 11.4 Å². The van der Waals surface area contributed by atoms with Crippen LogP contribution in [-0.4, -0.2) is 59.5 Å². The van der Waals surface area contributed by atoms with Crippen LogP contribution in [-0.2, 0) is 21.8 Å². The van der Waals surface area contributed by atoms with Crippen LogP contribution in [0.15, 0.2) is 4.90 Å². The Morgan fingerprint density at radius 3 is 2.61 bits per heavy atom. The average molecular weight is 343 g/mol. The summed E-state index contributed by atoms with van der Waals surface area (Å²) in [5.74, 6) is -0.0534. The largest absolute Gasteiger partial charge is 0.393 e. The molecule has 1 aliphatic heterocycles. The molecule has 3 atom stereocenters. The van der Waals surface area contributed by atoms with Crippen molar-refractivity contribution in [2.45, 2.75) is 50.2 Å². The van der Waals surface area contributed by atoms with Gasteiger partial charge in [-0.15, -0.1) is 0 Å². The average Bonchev–Trinajstić information content (AvgIpc) is 3.03. The van der Waals surface area contributed by atoms with Crippen LogP contribution in [0.5, 0.6) is 0 Å². The zero-order valence-corrected chi connectivity index (χ0v) is 14.7. The Kier molecular flexibility index (Phi) is 4.52. The van der Waals surface area contributed by atoms with Crippen molar-refractivity contribution in [2.75, 3.05) is 19.8 Å². The second-order valence-corrected chi connectivity index (χ2v) is 8.37. The second kappa shape index (κ2) is 6.16. The van der Waals surface area contributed by atoms with Gasteiger partial charge in [-0.2, -0.15) is 9.40 Å². The molecule has 130 valence electrons. The molecule has 2 aliphatic rings. The minimum atomic E-state index is -3.65. The van der Waals surface area contributed by atoms with Gasteiger partial charge < -0.3 is 9.84 Å². The number of sulfonamides is 1. The molecule has 0 unspecified atom stereocenters. The third-order valence-electron chi connectivity index (χ3n) is 5.15. The summed E-state index contributed by atoms with van der Waals surface area (Å²) in [7, 11) is -1.90. The van der Waals surface area contributed by atoms with Gasteiger partial charge in [-0.1, -0.05) is 6.42 Å². The van der Waals surface area contributed by atoms with E-state index in [1.807, 2.05) is 0 Å². The minimum Gasteiger partial charge on any atom is -0.393 e. The SMILES string of the molecule is Cc1nn(C)c(C)c1S(=O)(=O)N1CCOC[C@@H]1[C@H]1CCC[C@@H]1O. The van der Waals surface area contributed by atoms with E-state index in [4.69, 9.17) is 4.74 Å². The molecule has 0 amide bonds. The molecule has 1 N–H and O–H groups in total. The molecule has 3 rings (SSSR count). The molecule has 7 nitrogen and oxygen atoms in total. The molecule has 2 fully saturated rings. The quantitative estimate of drug-likeness (QED) is 0.868. The fraction of sp³-hybridized carbons (Fsp3) is 0.800. The lowest BCUT2D eigenvalue weighted by Gasteiger charge is -2.39. The van der Waals surface area contributed by atoms with Crippen LogP contribution in [0.1, 0.15) is 30.7 Å². The number of hydrogen-bond donors (Lipinski definition) is 1. The summed E-state index contributed by atoms with van der Waals surface area (Å²) in [5.41, 5.74) is 1.15. The standard InChI is InChI=1S/C15H25N3O4S/c1-10-15(11(2)17(3)16-10)23(20,21)18-7-8-22-9-13(18)12-5-4-6-14(12)19/h12-14,19H,4-9H2,1-3H3/t12-,13-,14+/m1/s1.